The fourth-order valence-electron chi connectivity index (χ4n) is 4.76. The lowest BCUT2D eigenvalue weighted by Gasteiger charge is -2.26. The summed E-state index contributed by atoms with van der Waals surface area (Å²) in [5.74, 6) is 0.118. The molecule has 1 aliphatic rings. The second-order valence-corrected chi connectivity index (χ2v) is 9.35. The molecule has 1 aromatic heterocycles. The molecule has 6 heteroatoms. The van der Waals surface area contributed by atoms with Gasteiger partial charge in [0.2, 0.25) is 5.91 Å². The summed E-state index contributed by atoms with van der Waals surface area (Å²) >= 11 is 0. The lowest BCUT2D eigenvalue weighted by molar-refractivity contribution is -0.134. The minimum atomic E-state index is -0.323. The second-order valence-electron chi connectivity index (χ2n) is 9.35. The zero-order chi connectivity index (χ0) is 24.9. The van der Waals surface area contributed by atoms with Gasteiger partial charge in [-0.25, -0.2) is 4.98 Å². The average molecular weight is 476 g/mol. The van der Waals surface area contributed by atoms with Gasteiger partial charge in [0.15, 0.2) is 0 Å². The van der Waals surface area contributed by atoms with Crippen molar-refractivity contribution < 1.29 is 4.79 Å². The molecule has 36 heavy (non-hydrogen) atoms. The zero-order valence-corrected chi connectivity index (χ0v) is 20.4. The first-order valence-electron chi connectivity index (χ1n) is 12.2. The Labute approximate surface area is 211 Å². The lowest BCUT2D eigenvalue weighted by atomic mass is 10.0. The third kappa shape index (κ3) is 5.22. The molecule has 2 heterocycles. The maximum atomic E-state index is 13.7. The summed E-state index contributed by atoms with van der Waals surface area (Å²) in [7, 11) is 0. The van der Waals surface area contributed by atoms with Gasteiger partial charge in [0.05, 0.1) is 29.7 Å². The molecule has 0 unspecified atom stereocenters. The summed E-state index contributed by atoms with van der Waals surface area (Å²) in [4.78, 5) is 20.1. The van der Waals surface area contributed by atoms with E-state index < -0.39 is 0 Å². The standard InChI is InChI=1S/C30H29N5O/c1-22-6-2-3-8-26(22)19-34-20-27-9-5-4-7-25(27)14-29(30(34)36)33-17-28-16-32-21-35(28)18-24-12-10-23(15-31)11-13-24/h2-13,16,21,29,33H,14,17-20H2,1H3/t29-/m0/s1. The predicted octanol–water partition coefficient (Wildman–Crippen LogP) is 4.35. The van der Waals surface area contributed by atoms with Crippen LogP contribution in [0.4, 0.5) is 0 Å². The number of carbonyl (C=O) groups excluding carboxylic acids is 1. The number of rotatable bonds is 7. The molecule has 5 rings (SSSR count). The first-order valence-corrected chi connectivity index (χ1v) is 12.2. The molecular formula is C30H29N5O. The van der Waals surface area contributed by atoms with Gasteiger partial charge in [0.1, 0.15) is 0 Å². The smallest absolute Gasteiger partial charge is 0.240 e. The van der Waals surface area contributed by atoms with Gasteiger partial charge in [-0.2, -0.15) is 5.26 Å². The van der Waals surface area contributed by atoms with Gasteiger partial charge < -0.3 is 9.47 Å². The number of benzene rings is 3. The molecule has 180 valence electrons. The van der Waals surface area contributed by atoms with Crippen molar-refractivity contribution in [3.8, 4) is 6.07 Å². The summed E-state index contributed by atoms with van der Waals surface area (Å²) in [5.41, 5.74) is 7.53. The SMILES string of the molecule is Cc1ccccc1CN1Cc2ccccc2C[C@H](NCc2cncn2Cc2ccc(C#N)cc2)C1=O. The predicted molar refractivity (Wildman–Crippen MR) is 139 cm³/mol. The highest BCUT2D eigenvalue weighted by molar-refractivity contribution is 5.83. The van der Waals surface area contributed by atoms with Crippen LogP contribution in [0.15, 0.2) is 85.3 Å². The maximum Gasteiger partial charge on any atom is 0.240 e. The number of hydrogen-bond acceptors (Lipinski definition) is 4. The molecule has 0 bridgehead atoms. The van der Waals surface area contributed by atoms with Gasteiger partial charge in [0, 0.05) is 32.4 Å². The fourth-order valence-corrected chi connectivity index (χ4v) is 4.76. The average Bonchev–Trinajstić information content (AvgIpc) is 3.29. The van der Waals surface area contributed by atoms with E-state index in [2.05, 4.69) is 52.1 Å². The molecule has 0 fully saturated rings. The number of nitriles is 1. The van der Waals surface area contributed by atoms with Crippen LogP contribution in [0.3, 0.4) is 0 Å². The summed E-state index contributed by atoms with van der Waals surface area (Å²) in [6.45, 7) is 4.49. The maximum absolute atomic E-state index is 13.7. The first kappa shape index (κ1) is 23.5. The quantitative estimate of drug-likeness (QED) is 0.431. The van der Waals surface area contributed by atoms with E-state index >= 15 is 0 Å². The van der Waals surface area contributed by atoms with Gasteiger partial charge in [-0.15, -0.1) is 0 Å². The van der Waals surface area contributed by atoms with Crippen LogP contribution in [0.25, 0.3) is 0 Å². The Morgan fingerprint density at radius 2 is 1.75 bits per heavy atom. The molecule has 1 atom stereocenters. The van der Waals surface area contributed by atoms with E-state index in [0.717, 1.165) is 11.3 Å². The molecule has 0 spiro atoms. The summed E-state index contributed by atoms with van der Waals surface area (Å²) in [5, 5.41) is 12.6. The number of nitrogens with one attached hydrogen (secondary N) is 1. The molecule has 1 amide bonds. The Hall–Kier alpha value is -4.21. The fraction of sp³-hybridized carbons (Fsp3) is 0.233. The first-order chi connectivity index (χ1) is 17.6. The summed E-state index contributed by atoms with van der Waals surface area (Å²) in [6, 6.07) is 26.0. The second kappa shape index (κ2) is 10.6. The molecule has 0 saturated carbocycles. The van der Waals surface area contributed by atoms with Gasteiger partial charge in [-0.1, -0.05) is 60.7 Å². The lowest BCUT2D eigenvalue weighted by Crippen LogP contribution is -2.45. The van der Waals surface area contributed by atoms with Crippen LogP contribution in [-0.2, 0) is 37.4 Å². The zero-order valence-electron chi connectivity index (χ0n) is 20.4. The van der Waals surface area contributed by atoms with E-state index in [-0.39, 0.29) is 11.9 Å². The number of carbonyl (C=O) groups is 1. The number of fused-ring (bicyclic) bond motifs is 1. The van der Waals surface area contributed by atoms with Crippen LogP contribution in [0.1, 0.15) is 39.1 Å². The Kier molecular flexibility index (Phi) is 6.92. The van der Waals surface area contributed by atoms with Crippen molar-refractivity contribution in [3.63, 3.8) is 0 Å². The van der Waals surface area contributed by atoms with Crippen molar-refractivity contribution in [2.45, 2.75) is 45.6 Å². The number of aromatic nitrogens is 2. The largest absolute Gasteiger partial charge is 0.333 e. The third-order valence-electron chi connectivity index (χ3n) is 6.90. The number of aryl methyl sites for hydroxylation is 1. The van der Waals surface area contributed by atoms with Crippen LogP contribution in [0.2, 0.25) is 0 Å². The Morgan fingerprint density at radius 1 is 1.00 bits per heavy atom. The highest BCUT2D eigenvalue weighted by Crippen LogP contribution is 2.23. The van der Waals surface area contributed by atoms with Crippen LogP contribution in [-0.4, -0.2) is 26.4 Å². The van der Waals surface area contributed by atoms with Crippen molar-refractivity contribution in [2.24, 2.45) is 0 Å². The molecule has 1 aliphatic heterocycles. The molecule has 1 N–H and O–H groups in total. The van der Waals surface area contributed by atoms with Crippen LogP contribution < -0.4 is 5.32 Å². The number of hydrogen-bond donors (Lipinski definition) is 1. The van der Waals surface area contributed by atoms with Gasteiger partial charge >= 0.3 is 0 Å². The molecule has 0 radical (unpaired) electrons. The summed E-state index contributed by atoms with van der Waals surface area (Å²) in [6.07, 6.45) is 4.31. The van der Waals surface area contributed by atoms with Gasteiger partial charge in [0.25, 0.3) is 0 Å². The molecule has 6 nitrogen and oxygen atoms in total. The monoisotopic (exact) mass is 475 g/mol. The summed E-state index contributed by atoms with van der Waals surface area (Å²) < 4.78 is 2.08. The van der Waals surface area contributed by atoms with Gasteiger partial charge in [-0.05, 0) is 53.3 Å². The van der Waals surface area contributed by atoms with E-state index in [1.165, 1.54) is 22.3 Å². The van der Waals surface area contributed by atoms with Crippen molar-refractivity contribution in [1.82, 2.24) is 19.8 Å². The number of nitrogens with zero attached hydrogens (tertiary/aromatic N) is 4. The van der Waals surface area contributed by atoms with E-state index in [9.17, 15) is 4.79 Å². The Bertz CT molecular complexity index is 1400. The minimum absolute atomic E-state index is 0.118. The number of amides is 1. The van der Waals surface area contributed by atoms with E-state index in [1.807, 2.05) is 66.0 Å². The molecule has 3 aromatic carbocycles. The van der Waals surface area contributed by atoms with Crippen molar-refractivity contribution in [1.29, 1.82) is 5.26 Å². The molecule has 4 aromatic rings. The Balaban J connectivity index is 1.33. The van der Waals surface area contributed by atoms with Crippen LogP contribution >= 0.6 is 0 Å². The Morgan fingerprint density at radius 3 is 2.53 bits per heavy atom. The highest BCUT2D eigenvalue weighted by Gasteiger charge is 2.29. The normalized spacial score (nSPS) is 15.3. The van der Waals surface area contributed by atoms with Crippen molar-refractivity contribution in [3.05, 3.63) is 124 Å². The van der Waals surface area contributed by atoms with Crippen molar-refractivity contribution in [2.75, 3.05) is 0 Å². The third-order valence-corrected chi connectivity index (χ3v) is 6.90. The highest BCUT2D eigenvalue weighted by atomic mass is 16.2. The van der Waals surface area contributed by atoms with Gasteiger partial charge in [-0.3, -0.25) is 10.1 Å². The molecule has 0 saturated heterocycles. The topological polar surface area (TPSA) is 74.0 Å². The number of imidazole rings is 1. The van der Waals surface area contributed by atoms with Crippen LogP contribution in [0, 0.1) is 18.3 Å². The van der Waals surface area contributed by atoms with E-state index in [4.69, 9.17) is 5.26 Å². The van der Waals surface area contributed by atoms with E-state index in [1.54, 1.807) is 0 Å². The van der Waals surface area contributed by atoms with Crippen molar-refractivity contribution >= 4 is 5.91 Å². The molecular weight excluding hydrogens is 446 g/mol. The minimum Gasteiger partial charge on any atom is -0.333 e. The van der Waals surface area contributed by atoms with Crippen LogP contribution in [0.5, 0.6) is 0 Å². The molecule has 0 aliphatic carbocycles. The van der Waals surface area contributed by atoms with E-state index in [0.29, 0.717) is 38.2 Å².